The van der Waals surface area contributed by atoms with Crippen molar-refractivity contribution in [1.29, 1.82) is 0 Å². The van der Waals surface area contributed by atoms with Gasteiger partial charge < -0.3 is 5.11 Å². The number of allylic oxidation sites excluding steroid dienone is 1. The maximum absolute atomic E-state index is 12.2. The predicted octanol–water partition coefficient (Wildman–Crippen LogP) is 4.42. The van der Waals surface area contributed by atoms with Crippen LogP contribution in [0.15, 0.2) is 48.7 Å². The van der Waals surface area contributed by atoms with Gasteiger partial charge in [-0.2, -0.15) is 0 Å². The number of benzene rings is 1. The predicted molar refractivity (Wildman–Crippen MR) is 88.9 cm³/mol. The number of carbonyl (C=O) groups is 1. The van der Waals surface area contributed by atoms with Crippen LogP contribution in [0.25, 0.3) is 6.08 Å². The molecule has 22 heavy (non-hydrogen) atoms. The van der Waals surface area contributed by atoms with E-state index in [2.05, 4.69) is 11.9 Å². The van der Waals surface area contributed by atoms with Gasteiger partial charge in [-0.1, -0.05) is 31.9 Å². The number of ketones is 1. The summed E-state index contributed by atoms with van der Waals surface area (Å²) in [5, 5.41) is 9.90. The van der Waals surface area contributed by atoms with Crippen LogP contribution < -0.4 is 0 Å². The highest BCUT2D eigenvalue weighted by atomic mass is 16.3. The van der Waals surface area contributed by atoms with E-state index in [0.29, 0.717) is 5.56 Å². The molecule has 0 aliphatic rings. The molecular weight excluding hydrogens is 274 g/mol. The summed E-state index contributed by atoms with van der Waals surface area (Å²) in [6, 6.07) is 10.8. The number of rotatable bonds is 7. The second kappa shape index (κ2) is 8.13. The van der Waals surface area contributed by atoms with E-state index in [-0.39, 0.29) is 11.5 Å². The summed E-state index contributed by atoms with van der Waals surface area (Å²) in [5.74, 6) is -0.185. The van der Waals surface area contributed by atoms with E-state index in [1.54, 1.807) is 24.4 Å². The smallest absolute Gasteiger partial charge is 0.189 e. The van der Waals surface area contributed by atoms with Gasteiger partial charge in [0.05, 0.1) is 11.3 Å². The molecule has 1 aromatic carbocycles. The van der Waals surface area contributed by atoms with Crippen molar-refractivity contribution in [1.82, 2.24) is 4.98 Å². The molecule has 114 valence electrons. The number of carbonyl (C=O) groups excluding carboxylic acids is 1. The summed E-state index contributed by atoms with van der Waals surface area (Å²) in [5.41, 5.74) is 2.15. The van der Waals surface area contributed by atoms with E-state index < -0.39 is 0 Å². The Labute approximate surface area is 131 Å². The van der Waals surface area contributed by atoms with E-state index in [9.17, 15) is 9.90 Å². The minimum absolute atomic E-state index is 0.0231. The van der Waals surface area contributed by atoms with Crippen molar-refractivity contribution in [2.24, 2.45) is 0 Å². The third-order valence-corrected chi connectivity index (χ3v) is 3.49. The van der Waals surface area contributed by atoms with Crippen LogP contribution in [0, 0.1) is 0 Å². The maximum Gasteiger partial charge on any atom is 0.189 e. The van der Waals surface area contributed by atoms with Crippen LogP contribution in [0.1, 0.15) is 47.8 Å². The molecule has 0 saturated heterocycles. The van der Waals surface area contributed by atoms with Crippen molar-refractivity contribution >= 4 is 11.9 Å². The monoisotopic (exact) mass is 295 g/mol. The Kier molecular flexibility index (Phi) is 5.90. The van der Waals surface area contributed by atoms with Crippen molar-refractivity contribution in [2.45, 2.75) is 32.6 Å². The Morgan fingerprint density at radius 2 is 2.09 bits per heavy atom. The Morgan fingerprint density at radius 3 is 2.82 bits per heavy atom. The zero-order valence-electron chi connectivity index (χ0n) is 12.8. The molecular formula is C19H21NO2. The third-order valence-electron chi connectivity index (χ3n) is 3.49. The number of nitrogens with zero attached hydrogens (tertiary/aromatic N) is 1. The molecule has 0 aliphatic carbocycles. The number of aromatic nitrogens is 1. The molecule has 1 aromatic heterocycles. The number of aromatic hydroxyl groups is 1. The van der Waals surface area contributed by atoms with Crippen LogP contribution in [0.5, 0.6) is 5.75 Å². The lowest BCUT2D eigenvalue weighted by molar-refractivity contribution is 0.104. The molecule has 3 heteroatoms. The molecule has 2 rings (SSSR count). The first-order chi connectivity index (χ1) is 10.7. The molecule has 0 atom stereocenters. The van der Waals surface area contributed by atoms with Crippen molar-refractivity contribution in [3.05, 3.63) is 65.5 Å². The quantitative estimate of drug-likeness (QED) is 0.467. The molecule has 0 unspecified atom stereocenters. The average Bonchev–Trinajstić information content (AvgIpc) is 2.55. The fourth-order valence-corrected chi connectivity index (χ4v) is 2.24. The molecule has 0 aliphatic heterocycles. The van der Waals surface area contributed by atoms with Gasteiger partial charge in [0.25, 0.3) is 0 Å². The Bertz CT molecular complexity index is 648. The second-order valence-electron chi connectivity index (χ2n) is 5.26. The Balaban J connectivity index is 2.11. The van der Waals surface area contributed by atoms with Crippen LogP contribution in [0.3, 0.4) is 0 Å². The summed E-state index contributed by atoms with van der Waals surface area (Å²) in [7, 11) is 0. The highest BCUT2D eigenvalue weighted by Crippen LogP contribution is 2.21. The van der Waals surface area contributed by atoms with E-state index in [1.165, 1.54) is 12.5 Å². The zero-order valence-corrected chi connectivity index (χ0v) is 12.8. The van der Waals surface area contributed by atoms with Crippen LogP contribution >= 0.6 is 0 Å². The van der Waals surface area contributed by atoms with E-state index >= 15 is 0 Å². The van der Waals surface area contributed by atoms with E-state index in [1.807, 2.05) is 24.3 Å². The number of hydrogen-bond acceptors (Lipinski definition) is 3. The number of hydrogen-bond donors (Lipinski definition) is 1. The Hall–Kier alpha value is -2.42. The summed E-state index contributed by atoms with van der Waals surface area (Å²) in [6.07, 6.45) is 9.15. The van der Waals surface area contributed by atoms with Gasteiger partial charge in [0.15, 0.2) is 5.78 Å². The second-order valence-corrected chi connectivity index (χ2v) is 5.26. The number of phenolic OH excluding ortho intramolecular Hbond substituents is 1. The van der Waals surface area contributed by atoms with Crippen LogP contribution in [0.2, 0.25) is 0 Å². The zero-order chi connectivity index (χ0) is 15.8. The van der Waals surface area contributed by atoms with Crippen LogP contribution in [-0.2, 0) is 6.42 Å². The summed E-state index contributed by atoms with van der Waals surface area (Å²) in [4.78, 5) is 16.4. The first-order valence-electron chi connectivity index (χ1n) is 7.66. The number of pyridine rings is 1. The topological polar surface area (TPSA) is 50.2 Å². The molecule has 1 N–H and O–H groups in total. The molecule has 0 bridgehead atoms. The molecule has 0 amide bonds. The van der Waals surface area contributed by atoms with Crippen molar-refractivity contribution in [3.8, 4) is 5.75 Å². The number of aryl methyl sites for hydroxylation is 1. The first kappa shape index (κ1) is 16.0. The van der Waals surface area contributed by atoms with Gasteiger partial charge in [-0.3, -0.25) is 9.78 Å². The molecule has 0 fully saturated rings. The minimum Gasteiger partial charge on any atom is -0.507 e. The largest absolute Gasteiger partial charge is 0.507 e. The van der Waals surface area contributed by atoms with E-state index in [4.69, 9.17) is 0 Å². The molecule has 0 saturated carbocycles. The lowest BCUT2D eigenvalue weighted by Crippen LogP contribution is -1.97. The van der Waals surface area contributed by atoms with Gasteiger partial charge in [-0.25, -0.2) is 0 Å². The van der Waals surface area contributed by atoms with Gasteiger partial charge in [0.2, 0.25) is 0 Å². The fraction of sp³-hybridized carbons (Fsp3) is 0.263. The summed E-state index contributed by atoms with van der Waals surface area (Å²) in [6.45, 7) is 2.16. The Morgan fingerprint density at radius 1 is 1.23 bits per heavy atom. The SMILES string of the molecule is CCCCCc1ccc(O)c(C(=O)C=Cc2ccccn2)c1. The fourth-order valence-electron chi connectivity index (χ4n) is 2.24. The van der Waals surface area contributed by atoms with Crippen molar-refractivity contribution in [3.63, 3.8) is 0 Å². The van der Waals surface area contributed by atoms with Crippen molar-refractivity contribution in [2.75, 3.05) is 0 Å². The molecule has 3 nitrogen and oxygen atoms in total. The van der Waals surface area contributed by atoms with Crippen molar-refractivity contribution < 1.29 is 9.90 Å². The third kappa shape index (κ3) is 4.55. The number of phenols is 1. The minimum atomic E-state index is -0.208. The summed E-state index contributed by atoms with van der Waals surface area (Å²) < 4.78 is 0. The highest BCUT2D eigenvalue weighted by molar-refractivity contribution is 6.08. The number of unbranched alkanes of at least 4 members (excludes halogenated alkanes) is 2. The lowest BCUT2D eigenvalue weighted by Gasteiger charge is -2.05. The van der Waals surface area contributed by atoms with Gasteiger partial charge in [-0.05, 0) is 54.8 Å². The maximum atomic E-state index is 12.2. The van der Waals surface area contributed by atoms with Gasteiger partial charge in [-0.15, -0.1) is 0 Å². The van der Waals surface area contributed by atoms with Gasteiger partial charge in [0.1, 0.15) is 5.75 Å². The highest BCUT2D eigenvalue weighted by Gasteiger charge is 2.09. The summed E-state index contributed by atoms with van der Waals surface area (Å²) >= 11 is 0. The lowest BCUT2D eigenvalue weighted by atomic mass is 10.0. The first-order valence-corrected chi connectivity index (χ1v) is 7.66. The molecule has 0 radical (unpaired) electrons. The standard InChI is InChI=1S/C19H21NO2/c1-2-3-4-7-15-9-11-18(21)17(14-15)19(22)12-10-16-8-5-6-13-20-16/h5-6,8-14,21H,2-4,7H2,1H3. The molecule has 0 spiro atoms. The molecule has 2 aromatic rings. The normalized spacial score (nSPS) is 11.0. The van der Waals surface area contributed by atoms with E-state index in [0.717, 1.165) is 30.5 Å². The average molecular weight is 295 g/mol. The molecule has 1 heterocycles. The van der Waals surface area contributed by atoms with Crippen LogP contribution in [-0.4, -0.2) is 15.9 Å². The van der Waals surface area contributed by atoms with Gasteiger partial charge >= 0.3 is 0 Å². The van der Waals surface area contributed by atoms with Crippen LogP contribution in [0.4, 0.5) is 0 Å². The van der Waals surface area contributed by atoms with Gasteiger partial charge in [0, 0.05) is 6.20 Å².